The Morgan fingerprint density at radius 3 is 2.43 bits per heavy atom. The highest BCUT2D eigenvalue weighted by molar-refractivity contribution is 7.80. The third kappa shape index (κ3) is 5.28. The van der Waals surface area contributed by atoms with Crippen LogP contribution in [0.5, 0.6) is 5.75 Å². The molecule has 0 unspecified atom stereocenters. The van der Waals surface area contributed by atoms with E-state index >= 15 is 0 Å². The van der Waals surface area contributed by atoms with Crippen LogP contribution in [0.4, 0.5) is 24.5 Å². The number of halogens is 3. The summed E-state index contributed by atoms with van der Waals surface area (Å²) in [5.41, 5.74) is 4.15. The zero-order chi connectivity index (χ0) is 20.3. The van der Waals surface area contributed by atoms with Gasteiger partial charge in [-0.2, -0.15) is 0 Å². The molecule has 1 aliphatic heterocycles. The molecular weight excluding hydrogens is 387 g/mol. The van der Waals surface area contributed by atoms with Gasteiger partial charge in [-0.15, -0.1) is 13.2 Å². The lowest BCUT2D eigenvalue weighted by Crippen LogP contribution is -2.50. The van der Waals surface area contributed by atoms with Crippen LogP contribution in [-0.4, -0.2) is 42.6 Å². The average Bonchev–Trinajstić information content (AvgIpc) is 2.63. The first-order chi connectivity index (χ1) is 13.2. The van der Waals surface area contributed by atoms with Crippen LogP contribution in [0.1, 0.15) is 11.1 Å². The summed E-state index contributed by atoms with van der Waals surface area (Å²) in [5, 5.41) is 3.49. The molecule has 1 heterocycles. The molecule has 1 N–H and O–H groups in total. The van der Waals surface area contributed by atoms with Crippen molar-refractivity contribution in [3.05, 3.63) is 53.6 Å². The minimum absolute atomic E-state index is 0.278. The Morgan fingerprint density at radius 2 is 1.75 bits per heavy atom. The number of ether oxygens (including phenoxy) is 1. The van der Waals surface area contributed by atoms with E-state index in [0.29, 0.717) is 10.8 Å². The van der Waals surface area contributed by atoms with Crippen molar-refractivity contribution >= 4 is 28.7 Å². The van der Waals surface area contributed by atoms with Gasteiger partial charge in [0.2, 0.25) is 0 Å². The second-order valence-electron chi connectivity index (χ2n) is 6.77. The fraction of sp³-hybridized carbons (Fsp3) is 0.350. The molecule has 3 rings (SSSR count). The SMILES string of the molecule is Cc1ccc(C)c(N2CCN(C(=S)Nc3cccc(OC(F)(F)F)c3)CC2)c1. The second kappa shape index (κ2) is 8.26. The summed E-state index contributed by atoms with van der Waals surface area (Å²) in [5.74, 6) is -0.278. The van der Waals surface area contributed by atoms with Crippen LogP contribution >= 0.6 is 12.2 Å². The van der Waals surface area contributed by atoms with E-state index in [0.717, 1.165) is 26.2 Å². The molecule has 2 aromatic rings. The number of anilines is 2. The number of hydrogen-bond donors (Lipinski definition) is 1. The zero-order valence-corrected chi connectivity index (χ0v) is 16.5. The number of nitrogens with one attached hydrogen (secondary N) is 1. The number of thiocarbonyl (C=S) groups is 1. The molecule has 0 bridgehead atoms. The maximum Gasteiger partial charge on any atom is 0.573 e. The molecule has 0 aliphatic carbocycles. The van der Waals surface area contributed by atoms with E-state index in [4.69, 9.17) is 12.2 Å². The number of alkyl halides is 3. The topological polar surface area (TPSA) is 27.7 Å². The Balaban J connectivity index is 1.58. The quantitative estimate of drug-likeness (QED) is 0.741. The molecule has 1 aliphatic rings. The number of piperazine rings is 1. The van der Waals surface area contributed by atoms with Crippen LogP contribution in [0.15, 0.2) is 42.5 Å². The molecular formula is C20H22F3N3OS. The zero-order valence-electron chi connectivity index (χ0n) is 15.7. The van der Waals surface area contributed by atoms with Crippen molar-refractivity contribution in [2.75, 3.05) is 36.4 Å². The molecule has 2 aromatic carbocycles. The first-order valence-electron chi connectivity index (χ1n) is 8.95. The van der Waals surface area contributed by atoms with E-state index in [1.54, 1.807) is 6.07 Å². The van der Waals surface area contributed by atoms with Gasteiger partial charge in [0.05, 0.1) is 0 Å². The van der Waals surface area contributed by atoms with Crippen LogP contribution in [0.2, 0.25) is 0 Å². The minimum Gasteiger partial charge on any atom is -0.406 e. The summed E-state index contributed by atoms with van der Waals surface area (Å²) < 4.78 is 41.1. The maximum atomic E-state index is 12.4. The molecule has 0 aromatic heterocycles. The van der Waals surface area contributed by atoms with Crippen molar-refractivity contribution in [2.45, 2.75) is 20.2 Å². The summed E-state index contributed by atoms with van der Waals surface area (Å²) in [6.45, 7) is 7.29. The minimum atomic E-state index is -4.72. The van der Waals surface area contributed by atoms with Gasteiger partial charge in [-0.05, 0) is 55.4 Å². The highest BCUT2D eigenvalue weighted by Crippen LogP contribution is 2.26. The molecule has 0 atom stereocenters. The van der Waals surface area contributed by atoms with E-state index in [1.807, 2.05) is 4.90 Å². The van der Waals surface area contributed by atoms with E-state index < -0.39 is 6.36 Å². The average molecular weight is 409 g/mol. The molecule has 1 saturated heterocycles. The van der Waals surface area contributed by atoms with Gasteiger partial charge in [0, 0.05) is 43.6 Å². The predicted molar refractivity (Wildman–Crippen MR) is 109 cm³/mol. The Morgan fingerprint density at radius 1 is 1.04 bits per heavy atom. The fourth-order valence-corrected chi connectivity index (χ4v) is 3.48. The van der Waals surface area contributed by atoms with Crippen LogP contribution < -0.4 is 15.0 Å². The molecule has 28 heavy (non-hydrogen) atoms. The number of aryl methyl sites for hydroxylation is 2. The van der Waals surface area contributed by atoms with Gasteiger partial charge in [-0.25, -0.2) is 0 Å². The monoisotopic (exact) mass is 409 g/mol. The van der Waals surface area contributed by atoms with Crippen molar-refractivity contribution in [2.24, 2.45) is 0 Å². The van der Waals surface area contributed by atoms with Gasteiger partial charge in [0.25, 0.3) is 0 Å². The van der Waals surface area contributed by atoms with Gasteiger partial charge in [-0.1, -0.05) is 18.2 Å². The molecule has 0 saturated carbocycles. The second-order valence-corrected chi connectivity index (χ2v) is 7.16. The first kappa shape index (κ1) is 20.3. The summed E-state index contributed by atoms with van der Waals surface area (Å²) in [6.07, 6.45) is -4.72. The number of benzene rings is 2. The summed E-state index contributed by atoms with van der Waals surface area (Å²) >= 11 is 5.44. The Bertz CT molecular complexity index is 849. The lowest BCUT2D eigenvalue weighted by atomic mass is 10.1. The van der Waals surface area contributed by atoms with Crippen LogP contribution in [-0.2, 0) is 0 Å². The lowest BCUT2D eigenvalue weighted by Gasteiger charge is -2.38. The standard InChI is InChI=1S/C20H22F3N3OS/c1-14-6-7-15(2)18(12-14)25-8-10-26(11-9-25)19(28)24-16-4-3-5-17(13-16)27-20(21,22)23/h3-7,12-13H,8-11H2,1-2H3,(H,24,28). The van der Waals surface area contributed by atoms with Crippen molar-refractivity contribution < 1.29 is 17.9 Å². The highest BCUT2D eigenvalue weighted by Gasteiger charge is 2.31. The fourth-order valence-electron chi connectivity index (χ4n) is 3.18. The van der Waals surface area contributed by atoms with E-state index in [2.05, 4.69) is 47.0 Å². The summed E-state index contributed by atoms with van der Waals surface area (Å²) in [7, 11) is 0. The lowest BCUT2D eigenvalue weighted by molar-refractivity contribution is -0.274. The molecule has 1 fully saturated rings. The third-order valence-electron chi connectivity index (χ3n) is 4.59. The Hall–Kier alpha value is -2.48. The molecule has 0 radical (unpaired) electrons. The Labute approximate surface area is 167 Å². The van der Waals surface area contributed by atoms with Crippen LogP contribution in [0.25, 0.3) is 0 Å². The smallest absolute Gasteiger partial charge is 0.406 e. The van der Waals surface area contributed by atoms with E-state index in [-0.39, 0.29) is 5.75 Å². The third-order valence-corrected chi connectivity index (χ3v) is 4.95. The van der Waals surface area contributed by atoms with Crippen LogP contribution in [0, 0.1) is 13.8 Å². The van der Waals surface area contributed by atoms with Crippen molar-refractivity contribution in [1.29, 1.82) is 0 Å². The largest absolute Gasteiger partial charge is 0.573 e. The summed E-state index contributed by atoms with van der Waals surface area (Å²) in [6, 6.07) is 12.1. The van der Waals surface area contributed by atoms with Gasteiger partial charge < -0.3 is 19.9 Å². The molecule has 0 spiro atoms. The molecule has 150 valence electrons. The number of hydrogen-bond acceptors (Lipinski definition) is 3. The number of nitrogens with zero attached hydrogens (tertiary/aromatic N) is 2. The number of rotatable bonds is 3. The summed E-state index contributed by atoms with van der Waals surface area (Å²) in [4.78, 5) is 4.35. The molecule has 8 heteroatoms. The normalized spacial score (nSPS) is 14.8. The first-order valence-corrected chi connectivity index (χ1v) is 9.36. The Kier molecular flexibility index (Phi) is 5.98. The highest BCUT2D eigenvalue weighted by atomic mass is 32.1. The molecule has 4 nitrogen and oxygen atoms in total. The van der Waals surface area contributed by atoms with E-state index in [9.17, 15) is 13.2 Å². The van der Waals surface area contributed by atoms with Crippen molar-refractivity contribution in [1.82, 2.24) is 4.90 Å². The predicted octanol–water partition coefficient (Wildman–Crippen LogP) is 4.72. The van der Waals surface area contributed by atoms with Crippen LogP contribution in [0.3, 0.4) is 0 Å². The van der Waals surface area contributed by atoms with Gasteiger partial charge >= 0.3 is 6.36 Å². The van der Waals surface area contributed by atoms with Gasteiger partial charge in [0.1, 0.15) is 5.75 Å². The maximum absolute atomic E-state index is 12.4. The van der Waals surface area contributed by atoms with Crippen molar-refractivity contribution in [3.8, 4) is 5.75 Å². The van der Waals surface area contributed by atoms with Crippen molar-refractivity contribution in [3.63, 3.8) is 0 Å². The van der Waals surface area contributed by atoms with Gasteiger partial charge in [0.15, 0.2) is 5.11 Å². The molecule has 0 amide bonds. The van der Waals surface area contributed by atoms with E-state index in [1.165, 1.54) is 35.0 Å². The van der Waals surface area contributed by atoms with Gasteiger partial charge in [-0.3, -0.25) is 0 Å².